The van der Waals surface area contributed by atoms with Gasteiger partial charge in [0.25, 0.3) is 0 Å². The first-order chi connectivity index (χ1) is 8.60. The van der Waals surface area contributed by atoms with Crippen LogP contribution in [-0.4, -0.2) is 29.1 Å². The molecule has 1 heterocycles. The number of aryl methyl sites for hydroxylation is 1. The molecule has 0 aliphatic rings. The Labute approximate surface area is 113 Å². The molecule has 0 aliphatic carbocycles. The second kappa shape index (κ2) is 7.36. The van der Waals surface area contributed by atoms with Crippen LogP contribution in [0.5, 0.6) is 0 Å². The first kappa shape index (κ1) is 15.0. The van der Waals surface area contributed by atoms with Crippen molar-refractivity contribution in [2.24, 2.45) is 0 Å². The third-order valence-corrected chi connectivity index (χ3v) is 4.02. The van der Waals surface area contributed by atoms with Gasteiger partial charge >= 0.3 is 5.97 Å². The van der Waals surface area contributed by atoms with E-state index in [1.54, 1.807) is 6.92 Å². The number of carbonyl (C=O) groups is 1. The third kappa shape index (κ3) is 3.98. The fourth-order valence-corrected chi connectivity index (χ4v) is 2.67. The van der Waals surface area contributed by atoms with Gasteiger partial charge in [0, 0.05) is 13.1 Å². The van der Waals surface area contributed by atoms with Gasteiger partial charge < -0.3 is 10.0 Å². The summed E-state index contributed by atoms with van der Waals surface area (Å²) in [7, 11) is 0. The monoisotopic (exact) mass is 270 g/mol. The highest BCUT2D eigenvalue weighted by Crippen LogP contribution is 2.26. The molecule has 4 nitrogen and oxygen atoms in total. The molecule has 18 heavy (non-hydrogen) atoms. The van der Waals surface area contributed by atoms with Crippen molar-refractivity contribution in [2.45, 2.75) is 46.5 Å². The summed E-state index contributed by atoms with van der Waals surface area (Å²) in [5.74, 6) is -0.873. The van der Waals surface area contributed by atoms with Gasteiger partial charge in [-0.2, -0.15) is 0 Å². The van der Waals surface area contributed by atoms with E-state index in [2.05, 4.69) is 23.7 Å². The molecule has 0 aromatic carbocycles. The zero-order chi connectivity index (χ0) is 13.5. The van der Waals surface area contributed by atoms with Crippen LogP contribution >= 0.6 is 11.3 Å². The Kier molecular flexibility index (Phi) is 6.12. The summed E-state index contributed by atoms with van der Waals surface area (Å²) >= 11 is 1.29. The summed E-state index contributed by atoms with van der Waals surface area (Å²) in [5.41, 5.74) is 0.625. The molecule has 0 saturated carbocycles. The minimum absolute atomic E-state index is 0.364. The van der Waals surface area contributed by atoms with E-state index in [9.17, 15) is 4.79 Å². The third-order valence-electron chi connectivity index (χ3n) is 2.81. The highest BCUT2D eigenvalue weighted by atomic mass is 32.1. The fraction of sp³-hybridized carbons (Fsp3) is 0.692. The SMILES string of the molecule is CCCCN(CCCC)c1nc(C)c(C(=O)O)s1. The summed E-state index contributed by atoms with van der Waals surface area (Å²) in [5, 5.41) is 9.92. The number of aromatic nitrogens is 1. The van der Waals surface area contributed by atoms with Gasteiger partial charge in [0.15, 0.2) is 5.13 Å². The fourth-order valence-electron chi connectivity index (χ4n) is 1.72. The highest BCUT2D eigenvalue weighted by molar-refractivity contribution is 7.17. The van der Waals surface area contributed by atoms with Gasteiger partial charge in [-0.25, -0.2) is 9.78 Å². The molecule has 0 amide bonds. The quantitative estimate of drug-likeness (QED) is 0.784. The lowest BCUT2D eigenvalue weighted by Gasteiger charge is -2.21. The number of aromatic carboxylic acids is 1. The van der Waals surface area contributed by atoms with E-state index >= 15 is 0 Å². The first-order valence-electron chi connectivity index (χ1n) is 6.55. The van der Waals surface area contributed by atoms with Crippen LogP contribution in [0.1, 0.15) is 54.9 Å². The lowest BCUT2D eigenvalue weighted by molar-refractivity contribution is 0.0701. The first-order valence-corrected chi connectivity index (χ1v) is 7.37. The van der Waals surface area contributed by atoms with Crippen LogP contribution < -0.4 is 4.90 Å². The van der Waals surface area contributed by atoms with Gasteiger partial charge in [0.2, 0.25) is 0 Å². The molecule has 0 radical (unpaired) electrons. The highest BCUT2D eigenvalue weighted by Gasteiger charge is 2.17. The van der Waals surface area contributed by atoms with Crippen LogP contribution in [0, 0.1) is 6.92 Å². The second-order valence-corrected chi connectivity index (χ2v) is 5.39. The molecule has 0 spiro atoms. The van der Waals surface area contributed by atoms with Crippen molar-refractivity contribution in [1.82, 2.24) is 4.98 Å². The Balaban J connectivity index is 2.83. The molecule has 0 fully saturated rings. The van der Waals surface area contributed by atoms with Crippen LogP contribution in [-0.2, 0) is 0 Å². The maximum Gasteiger partial charge on any atom is 0.347 e. The average molecular weight is 270 g/mol. The van der Waals surface area contributed by atoms with Crippen molar-refractivity contribution in [2.75, 3.05) is 18.0 Å². The molecule has 1 aromatic rings. The topological polar surface area (TPSA) is 53.4 Å². The zero-order valence-corrected chi connectivity index (χ0v) is 12.2. The Morgan fingerprint density at radius 2 is 1.83 bits per heavy atom. The van der Waals surface area contributed by atoms with E-state index in [4.69, 9.17) is 5.11 Å². The number of unbranched alkanes of at least 4 members (excludes halogenated alkanes) is 2. The molecule has 0 saturated heterocycles. The summed E-state index contributed by atoms with van der Waals surface area (Å²) in [4.78, 5) is 18.0. The van der Waals surface area contributed by atoms with E-state index in [-0.39, 0.29) is 0 Å². The smallest absolute Gasteiger partial charge is 0.347 e. The van der Waals surface area contributed by atoms with Crippen molar-refractivity contribution in [3.63, 3.8) is 0 Å². The molecule has 1 N–H and O–H groups in total. The van der Waals surface area contributed by atoms with E-state index in [0.29, 0.717) is 10.6 Å². The van der Waals surface area contributed by atoms with Crippen LogP contribution in [0.15, 0.2) is 0 Å². The Morgan fingerprint density at radius 1 is 1.28 bits per heavy atom. The van der Waals surface area contributed by atoms with E-state index < -0.39 is 5.97 Å². The number of anilines is 1. The molecule has 0 unspecified atom stereocenters. The second-order valence-electron chi connectivity index (χ2n) is 4.41. The molecule has 5 heteroatoms. The Morgan fingerprint density at radius 3 is 2.22 bits per heavy atom. The molecule has 0 atom stereocenters. The standard InChI is InChI=1S/C13H22N2O2S/c1-4-6-8-15(9-7-5-2)13-14-10(3)11(18-13)12(16)17/h4-9H2,1-3H3,(H,16,17). The minimum atomic E-state index is -0.873. The van der Waals surface area contributed by atoms with Crippen molar-refractivity contribution in [1.29, 1.82) is 0 Å². The van der Waals surface area contributed by atoms with E-state index in [1.807, 2.05) is 0 Å². The number of nitrogens with zero attached hydrogens (tertiary/aromatic N) is 2. The summed E-state index contributed by atoms with van der Waals surface area (Å²) < 4.78 is 0. The van der Waals surface area contributed by atoms with Crippen molar-refractivity contribution >= 4 is 22.4 Å². The number of carboxylic acids is 1. The summed E-state index contributed by atoms with van der Waals surface area (Å²) in [6.07, 6.45) is 4.51. The summed E-state index contributed by atoms with van der Waals surface area (Å²) in [6.45, 7) is 8.01. The van der Waals surface area contributed by atoms with Crippen LogP contribution in [0.3, 0.4) is 0 Å². The number of rotatable bonds is 8. The van der Waals surface area contributed by atoms with Gasteiger partial charge in [-0.1, -0.05) is 38.0 Å². The molecular weight excluding hydrogens is 248 g/mol. The van der Waals surface area contributed by atoms with Gasteiger partial charge in [-0.05, 0) is 19.8 Å². The number of hydrogen-bond donors (Lipinski definition) is 1. The average Bonchev–Trinajstić information content (AvgIpc) is 2.71. The maximum absolute atomic E-state index is 11.0. The van der Waals surface area contributed by atoms with Crippen LogP contribution in [0.25, 0.3) is 0 Å². The zero-order valence-electron chi connectivity index (χ0n) is 11.4. The normalized spacial score (nSPS) is 10.6. The minimum Gasteiger partial charge on any atom is -0.477 e. The number of hydrogen-bond acceptors (Lipinski definition) is 4. The van der Waals surface area contributed by atoms with E-state index in [1.165, 1.54) is 11.3 Å². The number of carboxylic acid groups (broad SMARTS) is 1. The molecule has 0 aliphatic heterocycles. The van der Waals surface area contributed by atoms with Gasteiger partial charge in [-0.15, -0.1) is 0 Å². The number of thiazole rings is 1. The molecule has 1 rings (SSSR count). The maximum atomic E-state index is 11.0. The van der Waals surface area contributed by atoms with Gasteiger partial charge in [-0.3, -0.25) is 0 Å². The van der Waals surface area contributed by atoms with Gasteiger partial charge in [0.1, 0.15) is 4.88 Å². The lowest BCUT2D eigenvalue weighted by atomic mass is 10.3. The molecular formula is C13H22N2O2S. The molecule has 0 bridgehead atoms. The Hall–Kier alpha value is -1.10. The lowest BCUT2D eigenvalue weighted by Crippen LogP contribution is -2.25. The molecule has 102 valence electrons. The van der Waals surface area contributed by atoms with Crippen molar-refractivity contribution in [3.8, 4) is 0 Å². The van der Waals surface area contributed by atoms with Crippen LogP contribution in [0.4, 0.5) is 5.13 Å². The predicted molar refractivity (Wildman–Crippen MR) is 75.8 cm³/mol. The van der Waals surface area contributed by atoms with Crippen LogP contribution in [0.2, 0.25) is 0 Å². The predicted octanol–water partition coefficient (Wildman–Crippen LogP) is 3.56. The van der Waals surface area contributed by atoms with E-state index in [0.717, 1.165) is 43.9 Å². The summed E-state index contributed by atoms with van der Waals surface area (Å²) in [6, 6.07) is 0. The van der Waals surface area contributed by atoms with Crippen molar-refractivity contribution < 1.29 is 9.90 Å². The largest absolute Gasteiger partial charge is 0.477 e. The Bertz CT molecular complexity index is 382. The molecule has 1 aromatic heterocycles. The van der Waals surface area contributed by atoms with Gasteiger partial charge in [0.05, 0.1) is 5.69 Å². The van der Waals surface area contributed by atoms with Crippen molar-refractivity contribution in [3.05, 3.63) is 10.6 Å².